The Morgan fingerprint density at radius 3 is 2.95 bits per heavy atom. The molecule has 0 aliphatic carbocycles. The van der Waals surface area contributed by atoms with Gasteiger partial charge in [0.15, 0.2) is 0 Å². The van der Waals surface area contributed by atoms with Crippen molar-refractivity contribution < 1.29 is 9.18 Å². The van der Waals surface area contributed by atoms with Crippen LogP contribution >= 0.6 is 0 Å². The molecule has 1 aromatic heterocycles. The molecule has 114 valence electrons. The standard InChI is InChI=1S/C18H19FN2O/c19-16-7-3-6-15(12-16)18(22)21-10-4-5-14(13-21)11-17-8-1-2-9-20-17/h1-3,6-9,12,14H,4-5,10-11,13H2/t14-/m1/s1. The van der Waals surface area contributed by atoms with Gasteiger partial charge in [0.2, 0.25) is 0 Å². The molecule has 1 aliphatic rings. The summed E-state index contributed by atoms with van der Waals surface area (Å²) in [7, 11) is 0. The number of pyridine rings is 1. The summed E-state index contributed by atoms with van der Waals surface area (Å²) < 4.78 is 13.3. The molecule has 3 rings (SSSR count). The van der Waals surface area contributed by atoms with E-state index in [4.69, 9.17) is 0 Å². The Morgan fingerprint density at radius 1 is 1.27 bits per heavy atom. The molecule has 1 fully saturated rings. The molecule has 0 radical (unpaired) electrons. The normalized spacial score (nSPS) is 18.2. The fourth-order valence-electron chi connectivity index (χ4n) is 3.03. The van der Waals surface area contributed by atoms with Crippen molar-refractivity contribution >= 4 is 5.91 Å². The average Bonchev–Trinajstić information content (AvgIpc) is 2.55. The number of likely N-dealkylation sites (tertiary alicyclic amines) is 1. The van der Waals surface area contributed by atoms with E-state index in [1.807, 2.05) is 23.1 Å². The van der Waals surface area contributed by atoms with E-state index >= 15 is 0 Å². The molecule has 1 amide bonds. The SMILES string of the molecule is O=C(c1cccc(F)c1)N1CCC[C@H](Cc2ccccn2)C1. The number of amides is 1. The lowest BCUT2D eigenvalue weighted by Crippen LogP contribution is -2.40. The van der Waals surface area contributed by atoms with Crippen LogP contribution in [0.4, 0.5) is 4.39 Å². The van der Waals surface area contributed by atoms with Crippen molar-refractivity contribution in [3.05, 3.63) is 65.7 Å². The van der Waals surface area contributed by atoms with Gasteiger partial charge in [-0.25, -0.2) is 4.39 Å². The Labute approximate surface area is 129 Å². The van der Waals surface area contributed by atoms with Crippen LogP contribution in [0.3, 0.4) is 0 Å². The average molecular weight is 298 g/mol. The van der Waals surface area contributed by atoms with Crippen LogP contribution in [0.1, 0.15) is 28.9 Å². The first kappa shape index (κ1) is 14.7. The Morgan fingerprint density at radius 2 is 2.18 bits per heavy atom. The van der Waals surface area contributed by atoms with Gasteiger partial charge in [-0.2, -0.15) is 0 Å². The minimum absolute atomic E-state index is 0.0785. The van der Waals surface area contributed by atoms with Crippen LogP contribution in [-0.4, -0.2) is 28.9 Å². The monoisotopic (exact) mass is 298 g/mol. The van der Waals surface area contributed by atoms with E-state index in [1.54, 1.807) is 18.3 Å². The Bertz CT molecular complexity index is 645. The summed E-state index contributed by atoms with van der Waals surface area (Å²) in [5, 5.41) is 0. The van der Waals surface area contributed by atoms with Gasteiger partial charge in [0, 0.05) is 30.5 Å². The van der Waals surface area contributed by atoms with Crippen molar-refractivity contribution in [2.75, 3.05) is 13.1 Å². The van der Waals surface area contributed by atoms with Gasteiger partial charge >= 0.3 is 0 Å². The Kier molecular flexibility index (Phi) is 4.47. The van der Waals surface area contributed by atoms with Crippen molar-refractivity contribution in [3.8, 4) is 0 Å². The van der Waals surface area contributed by atoms with Crippen molar-refractivity contribution in [2.45, 2.75) is 19.3 Å². The Balaban J connectivity index is 1.66. The highest BCUT2D eigenvalue weighted by molar-refractivity contribution is 5.94. The summed E-state index contributed by atoms with van der Waals surface area (Å²) in [5.74, 6) is -0.0284. The molecule has 0 N–H and O–H groups in total. The molecule has 0 spiro atoms. The van der Waals surface area contributed by atoms with E-state index in [0.717, 1.165) is 31.5 Å². The van der Waals surface area contributed by atoms with Crippen molar-refractivity contribution in [1.82, 2.24) is 9.88 Å². The Hall–Kier alpha value is -2.23. The van der Waals surface area contributed by atoms with Gasteiger partial charge in [-0.1, -0.05) is 12.1 Å². The third-order valence-corrected chi connectivity index (χ3v) is 4.10. The maximum Gasteiger partial charge on any atom is 0.253 e. The first-order valence-corrected chi connectivity index (χ1v) is 7.67. The predicted molar refractivity (Wildman–Crippen MR) is 83.0 cm³/mol. The fraction of sp³-hybridized carbons (Fsp3) is 0.333. The molecular weight excluding hydrogens is 279 g/mol. The minimum Gasteiger partial charge on any atom is -0.338 e. The van der Waals surface area contributed by atoms with E-state index in [9.17, 15) is 9.18 Å². The van der Waals surface area contributed by atoms with Gasteiger partial charge in [-0.05, 0) is 55.5 Å². The third kappa shape index (κ3) is 3.50. The lowest BCUT2D eigenvalue weighted by molar-refractivity contribution is 0.0672. The fourth-order valence-corrected chi connectivity index (χ4v) is 3.03. The topological polar surface area (TPSA) is 33.2 Å². The van der Waals surface area contributed by atoms with Gasteiger partial charge < -0.3 is 4.90 Å². The molecule has 0 saturated carbocycles. The number of nitrogens with zero attached hydrogens (tertiary/aromatic N) is 2. The van der Waals surface area contributed by atoms with E-state index in [0.29, 0.717) is 18.0 Å². The van der Waals surface area contributed by atoms with Crippen LogP contribution in [0.5, 0.6) is 0 Å². The second-order valence-corrected chi connectivity index (χ2v) is 5.79. The van der Waals surface area contributed by atoms with Gasteiger partial charge in [0.05, 0.1) is 0 Å². The largest absolute Gasteiger partial charge is 0.338 e. The van der Waals surface area contributed by atoms with E-state index in [2.05, 4.69) is 4.98 Å². The lowest BCUT2D eigenvalue weighted by Gasteiger charge is -2.32. The molecule has 4 heteroatoms. The summed E-state index contributed by atoms with van der Waals surface area (Å²) >= 11 is 0. The highest BCUT2D eigenvalue weighted by atomic mass is 19.1. The molecule has 1 aliphatic heterocycles. The molecule has 1 aromatic carbocycles. The van der Waals surface area contributed by atoms with Crippen LogP contribution in [0, 0.1) is 11.7 Å². The van der Waals surface area contributed by atoms with Gasteiger partial charge in [-0.15, -0.1) is 0 Å². The number of carbonyl (C=O) groups excluding carboxylic acids is 1. The summed E-state index contributed by atoms with van der Waals surface area (Å²) in [4.78, 5) is 18.7. The summed E-state index contributed by atoms with van der Waals surface area (Å²) in [6.45, 7) is 1.46. The maximum absolute atomic E-state index is 13.3. The van der Waals surface area contributed by atoms with E-state index in [1.165, 1.54) is 12.1 Å². The van der Waals surface area contributed by atoms with Crippen LogP contribution in [0.2, 0.25) is 0 Å². The van der Waals surface area contributed by atoms with Crippen molar-refractivity contribution in [2.24, 2.45) is 5.92 Å². The third-order valence-electron chi connectivity index (χ3n) is 4.10. The number of rotatable bonds is 3. The molecular formula is C18H19FN2O. The highest BCUT2D eigenvalue weighted by Gasteiger charge is 2.25. The molecule has 1 atom stereocenters. The number of hydrogen-bond donors (Lipinski definition) is 0. The zero-order valence-electron chi connectivity index (χ0n) is 12.4. The van der Waals surface area contributed by atoms with Crippen LogP contribution in [-0.2, 0) is 6.42 Å². The summed E-state index contributed by atoms with van der Waals surface area (Å²) in [5.41, 5.74) is 1.49. The molecule has 3 nitrogen and oxygen atoms in total. The number of carbonyl (C=O) groups is 1. The molecule has 22 heavy (non-hydrogen) atoms. The quantitative estimate of drug-likeness (QED) is 0.871. The van der Waals surface area contributed by atoms with E-state index in [-0.39, 0.29) is 11.7 Å². The molecule has 0 bridgehead atoms. The number of halogens is 1. The molecule has 2 heterocycles. The minimum atomic E-state index is -0.368. The number of benzene rings is 1. The molecule has 2 aromatic rings. The molecule has 0 unspecified atom stereocenters. The predicted octanol–water partition coefficient (Wildman–Crippen LogP) is 3.32. The highest BCUT2D eigenvalue weighted by Crippen LogP contribution is 2.21. The van der Waals surface area contributed by atoms with Crippen molar-refractivity contribution in [1.29, 1.82) is 0 Å². The van der Waals surface area contributed by atoms with Gasteiger partial charge in [0.1, 0.15) is 5.82 Å². The van der Waals surface area contributed by atoms with Gasteiger partial charge in [-0.3, -0.25) is 9.78 Å². The van der Waals surface area contributed by atoms with Gasteiger partial charge in [0.25, 0.3) is 5.91 Å². The maximum atomic E-state index is 13.3. The van der Waals surface area contributed by atoms with Crippen LogP contribution in [0.25, 0.3) is 0 Å². The number of aromatic nitrogens is 1. The smallest absolute Gasteiger partial charge is 0.253 e. The first-order valence-electron chi connectivity index (χ1n) is 7.67. The van der Waals surface area contributed by atoms with E-state index < -0.39 is 0 Å². The first-order chi connectivity index (χ1) is 10.7. The summed E-state index contributed by atoms with van der Waals surface area (Å²) in [6, 6.07) is 11.8. The second-order valence-electron chi connectivity index (χ2n) is 5.79. The second kappa shape index (κ2) is 6.69. The van der Waals surface area contributed by atoms with Crippen LogP contribution in [0.15, 0.2) is 48.7 Å². The lowest BCUT2D eigenvalue weighted by atomic mass is 9.92. The number of hydrogen-bond acceptors (Lipinski definition) is 2. The zero-order valence-corrected chi connectivity index (χ0v) is 12.4. The van der Waals surface area contributed by atoms with Crippen molar-refractivity contribution in [3.63, 3.8) is 0 Å². The van der Waals surface area contributed by atoms with Crippen LogP contribution < -0.4 is 0 Å². The number of piperidine rings is 1. The molecule has 1 saturated heterocycles. The summed E-state index contributed by atoms with van der Waals surface area (Å²) in [6.07, 6.45) is 4.77. The zero-order chi connectivity index (χ0) is 15.4.